The third-order valence-electron chi connectivity index (χ3n) is 5.58. The first-order chi connectivity index (χ1) is 16.7. The van der Waals surface area contributed by atoms with Gasteiger partial charge in [-0.05, 0) is 23.8 Å². The van der Waals surface area contributed by atoms with E-state index in [4.69, 9.17) is 5.10 Å². The third-order valence-corrected chi connectivity index (χ3v) is 5.58. The van der Waals surface area contributed by atoms with Crippen molar-refractivity contribution < 1.29 is 4.79 Å². The van der Waals surface area contributed by atoms with Gasteiger partial charge in [0.05, 0.1) is 16.9 Å². The summed E-state index contributed by atoms with van der Waals surface area (Å²) < 4.78 is 1.85. The predicted octanol–water partition coefficient (Wildman–Crippen LogP) is 6.04. The largest absolute Gasteiger partial charge is 0.354 e. The molecule has 0 aliphatic carbocycles. The van der Waals surface area contributed by atoms with Crippen molar-refractivity contribution in [3.8, 4) is 16.9 Å². The van der Waals surface area contributed by atoms with Gasteiger partial charge in [0.1, 0.15) is 5.69 Å². The van der Waals surface area contributed by atoms with Crippen LogP contribution in [0.5, 0.6) is 0 Å². The number of nitrogens with zero attached hydrogens (tertiary/aromatic N) is 4. The van der Waals surface area contributed by atoms with E-state index in [2.05, 4.69) is 0 Å². The van der Waals surface area contributed by atoms with E-state index in [0.29, 0.717) is 11.3 Å². The molecule has 4 aromatic rings. The average Bonchev–Trinajstić information content (AvgIpc) is 3.28. The molecule has 1 aromatic heterocycles. The van der Waals surface area contributed by atoms with Crippen molar-refractivity contribution in [2.24, 2.45) is 0 Å². The maximum Gasteiger partial charge on any atom is 0.266 e. The maximum absolute atomic E-state index is 13.9. The second kappa shape index (κ2) is 9.46. The highest BCUT2D eigenvalue weighted by atomic mass is 16.2. The van der Waals surface area contributed by atoms with Crippen LogP contribution in [-0.2, 0) is 0 Å². The standard InChI is InChI=1S/C29H24N4O/c1-31-19-21-32(22-20-31)29(34)27-26(18-17-23-11-5-2-6-12-23)33(25-15-9-4-10-16-25)30-28(27)24-13-7-3-8-14-24/h2-22H,1H3/b18-17+. The summed E-state index contributed by atoms with van der Waals surface area (Å²) in [5.41, 5.74) is 4.72. The molecule has 0 saturated carbocycles. The van der Waals surface area contributed by atoms with Crippen molar-refractivity contribution in [2.75, 3.05) is 7.05 Å². The van der Waals surface area contributed by atoms with Crippen LogP contribution >= 0.6 is 0 Å². The number of hydrogen-bond acceptors (Lipinski definition) is 3. The molecule has 3 aromatic carbocycles. The molecule has 2 heterocycles. The van der Waals surface area contributed by atoms with Gasteiger partial charge in [-0.1, -0.05) is 84.9 Å². The average molecular weight is 445 g/mol. The Morgan fingerprint density at radius 1 is 0.735 bits per heavy atom. The highest BCUT2D eigenvalue weighted by molar-refractivity contribution is 6.04. The Hall–Kier alpha value is -4.64. The molecule has 0 fully saturated rings. The summed E-state index contributed by atoms with van der Waals surface area (Å²) in [5, 5.41) is 4.95. The lowest BCUT2D eigenvalue weighted by atomic mass is 10.0. The lowest BCUT2D eigenvalue weighted by Crippen LogP contribution is -2.25. The molecule has 0 atom stereocenters. The van der Waals surface area contributed by atoms with E-state index in [1.807, 2.05) is 132 Å². The van der Waals surface area contributed by atoms with Crippen molar-refractivity contribution in [1.29, 1.82) is 0 Å². The fourth-order valence-electron chi connectivity index (χ4n) is 3.82. The number of aromatic nitrogens is 2. The van der Waals surface area contributed by atoms with Gasteiger partial charge in [0.25, 0.3) is 5.91 Å². The number of benzene rings is 3. The number of rotatable bonds is 5. The summed E-state index contributed by atoms with van der Waals surface area (Å²) >= 11 is 0. The Balaban J connectivity index is 1.73. The molecule has 0 radical (unpaired) electrons. The summed E-state index contributed by atoms with van der Waals surface area (Å²) in [6.45, 7) is 0. The molecule has 0 unspecified atom stereocenters. The number of hydrogen-bond donors (Lipinski definition) is 0. The van der Waals surface area contributed by atoms with Crippen LogP contribution < -0.4 is 0 Å². The topological polar surface area (TPSA) is 41.4 Å². The molecule has 1 amide bonds. The first kappa shape index (κ1) is 21.2. The Kier molecular flexibility index (Phi) is 5.91. The lowest BCUT2D eigenvalue weighted by molar-refractivity contribution is 0.0865. The summed E-state index contributed by atoms with van der Waals surface area (Å²) in [5.74, 6) is -0.144. The zero-order valence-corrected chi connectivity index (χ0v) is 18.8. The van der Waals surface area contributed by atoms with E-state index in [-0.39, 0.29) is 5.91 Å². The fraction of sp³-hybridized carbons (Fsp3) is 0.0345. The lowest BCUT2D eigenvalue weighted by Gasteiger charge is -2.21. The van der Waals surface area contributed by atoms with Crippen molar-refractivity contribution >= 4 is 18.1 Å². The van der Waals surface area contributed by atoms with Gasteiger partial charge in [0.15, 0.2) is 0 Å². The van der Waals surface area contributed by atoms with Crippen molar-refractivity contribution in [3.05, 3.63) is 133 Å². The SMILES string of the molecule is CN1C=CN(C(=O)c2c(-c3ccccc3)nn(-c3ccccc3)c2/C=C/c2ccccc2)C=C1. The minimum atomic E-state index is -0.144. The molecule has 166 valence electrons. The van der Waals surface area contributed by atoms with Crippen LogP contribution in [0.3, 0.4) is 0 Å². The van der Waals surface area contributed by atoms with Gasteiger partial charge in [-0.3, -0.25) is 9.69 Å². The number of amides is 1. The summed E-state index contributed by atoms with van der Waals surface area (Å²) in [7, 11) is 1.92. The minimum Gasteiger partial charge on any atom is -0.354 e. The van der Waals surface area contributed by atoms with E-state index < -0.39 is 0 Å². The molecule has 0 bridgehead atoms. The normalized spacial score (nSPS) is 13.1. The summed E-state index contributed by atoms with van der Waals surface area (Å²) in [6, 6.07) is 29.8. The highest BCUT2D eigenvalue weighted by Gasteiger charge is 2.27. The van der Waals surface area contributed by atoms with Crippen LogP contribution in [0.4, 0.5) is 0 Å². The van der Waals surface area contributed by atoms with Gasteiger partial charge in [-0.15, -0.1) is 0 Å². The van der Waals surface area contributed by atoms with E-state index in [1.165, 1.54) is 0 Å². The molecule has 5 nitrogen and oxygen atoms in total. The Morgan fingerprint density at radius 2 is 1.32 bits per heavy atom. The van der Waals surface area contributed by atoms with Gasteiger partial charge >= 0.3 is 0 Å². The van der Waals surface area contributed by atoms with Gasteiger partial charge in [-0.2, -0.15) is 5.10 Å². The Labute approximate surface area is 199 Å². The van der Waals surface area contributed by atoms with Crippen LogP contribution in [0, 0.1) is 0 Å². The molecule has 0 N–H and O–H groups in total. The predicted molar refractivity (Wildman–Crippen MR) is 137 cm³/mol. The Bertz CT molecular complexity index is 1360. The number of carbonyl (C=O) groups is 1. The smallest absolute Gasteiger partial charge is 0.266 e. The molecule has 0 spiro atoms. The molecular weight excluding hydrogens is 420 g/mol. The zero-order valence-electron chi connectivity index (χ0n) is 18.8. The van der Waals surface area contributed by atoms with Crippen molar-refractivity contribution in [3.63, 3.8) is 0 Å². The molecule has 5 heteroatoms. The van der Waals surface area contributed by atoms with Gasteiger partial charge in [0, 0.05) is 37.4 Å². The van der Waals surface area contributed by atoms with Gasteiger partial charge in [0.2, 0.25) is 0 Å². The van der Waals surface area contributed by atoms with Crippen molar-refractivity contribution in [1.82, 2.24) is 19.6 Å². The van der Waals surface area contributed by atoms with E-state index in [1.54, 1.807) is 17.3 Å². The van der Waals surface area contributed by atoms with Crippen LogP contribution in [0.15, 0.2) is 116 Å². The summed E-state index contributed by atoms with van der Waals surface area (Å²) in [4.78, 5) is 17.4. The second-order valence-corrected chi connectivity index (χ2v) is 7.94. The van der Waals surface area contributed by atoms with E-state index in [0.717, 1.165) is 22.5 Å². The van der Waals surface area contributed by atoms with Crippen LogP contribution in [0.2, 0.25) is 0 Å². The molecular formula is C29H24N4O. The van der Waals surface area contributed by atoms with Gasteiger partial charge < -0.3 is 4.90 Å². The fourth-order valence-corrected chi connectivity index (χ4v) is 3.82. The molecule has 0 saturated heterocycles. The van der Waals surface area contributed by atoms with Gasteiger partial charge in [-0.25, -0.2) is 4.68 Å². The van der Waals surface area contributed by atoms with Crippen LogP contribution in [-0.4, -0.2) is 32.5 Å². The quantitative estimate of drug-likeness (QED) is 0.377. The number of carbonyl (C=O) groups excluding carboxylic acids is 1. The van der Waals surface area contributed by atoms with Crippen LogP contribution in [0.1, 0.15) is 21.6 Å². The minimum absolute atomic E-state index is 0.144. The first-order valence-electron chi connectivity index (χ1n) is 11.1. The second-order valence-electron chi connectivity index (χ2n) is 7.94. The van der Waals surface area contributed by atoms with Crippen LogP contribution in [0.25, 0.3) is 29.1 Å². The molecule has 1 aliphatic heterocycles. The first-order valence-corrected chi connectivity index (χ1v) is 11.1. The zero-order chi connectivity index (χ0) is 23.3. The summed E-state index contributed by atoms with van der Waals surface area (Å²) in [6.07, 6.45) is 11.2. The van der Waals surface area contributed by atoms with E-state index >= 15 is 0 Å². The Morgan fingerprint density at radius 3 is 1.97 bits per heavy atom. The third kappa shape index (κ3) is 4.32. The highest BCUT2D eigenvalue weighted by Crippen LogP contribution is 2.31. The van der Waals surface area contributed by atoms with Crippen molar-refractivity contribution in [2.45, 2.75) is 0 Å². The molecule has 5 rings (SSSR count). The molecule has 34 heavy (non-hydrogen) atoms. The molecule has 1 aliphatic rings. The number of para-hydroxylation sites is 1. The maximum atomic E-state index is 13.9. The van der Waals surface area contributed by atoms with E-state index in [9.17, 15) is 4.79 Å². The monoisotopic (exact) mass is 444 g/mol.